The molecule has 8 heteroatoms. The average molecular weight is 419 g/mol. The summed E-state index contributed by atoms with van der Waals surface area (Å²) >= 11 is 0. The summed E-state index contributed by atoms with van der Waals surface area (Å²) < 4.78 is 16.2. The van der Waals surface area contributed by atoms with Crippen molar-refractivity contribution in [1.82, 2.24) is 15.1 Å². The summed E-state index contributed by atoms with van der Waals surface area (Å²) in [5.41, 5.74) is 0.743. The Morgan fingerprint density at radius 3 is 2.67 bits per heavy atom. The number of carbonyl (C=O) groups excluding carboxylic acids is 1. The van der Waals surface area contributed by atoms with Gasteiger partial charge in [-0.05, 0) is 51.3 Å². The normalized spacial score (nSPS) is 18.6. The Bertz CT molecular complexity index is 775. The van der Waals surface area contributed by atoms with Crippen molar-refractivity contribution in [2.45, 2.75) is 45.3 Å². The molecule has 2 aliphatic rings. The fourth-order valence-corrected chi connectivity index (χ4v) is 3.75. The van der Waals surface area contributed by atoms with E-state index in [4.69, 9.17) is 14.2 Å². The van der Waals surface area contributed by atoms with E-state index in [1.54, 1.807) is 19.1 Å². The summed E-state index contributed by atoms with van der Waals surface area (Å²) in [6, 6.07) is 6.26. The van der Waals surface area contributed by atoms with Crippen molar-refractivity contribution in [2.75, 3.05) is 46.9 Å². The van der Waals surface area contributed by atoms with Gasteiger partial charge in [0.1, 0.15) is 5.60 Å². The van der Waals surface area contributed by atoms with E-state index in [0.29, 0.717) is 19.6 Å². The van der Waals surface area contributed by atoms with Crippen LogP contribution in [0.5, 0.6) is 11.5 Å². The van der Waals surface area contributed by atoms with Crippen molar-refractivity contribution in [3.05, 3.63) is 23.8 Å². The van der Waals surface area contributed by atoms with Gasteiger partial charge >= 0.3 is 6.09 Å². The van der Waals surface area contributed by atoms with Crippen LogP contribution in [0.3, 0.4) is 0 Å². The maximum Gasteiger partial charge on any atom is 0.410 e. The van der Waals surface area contributed by atoms with Gasteiger partial charge in [0.05, 0.1) is 26.8 Å². The van der Waals surface area contributed by atoms with E-state index in [2.05, 4.69) is 21.3 Å². The largest absolute Gasteiger partial charge is 0.493 e. The first-order valence-electron chi connectivity index (χ1n) is 10.5. The zero-order valence-corrected chi connectivity index (χ0v) is 18.7. The highest BCUT2D eigenvalue weighted by Crippen LogP contribution is 2.28. The van der Waals surface area contributed by atoms with Crippen molar-refractivity contribution in [3.8, 4) is 11.5 Å². The fourth-order valence-electron chi connectivity index (χ4n) is 3.75. The molecule has 0 saturated carbocycles. The molecule has 2 aliphatic heterocycles. The molecule has 1 atom stereocenters. The first-order chi connectivity index (χ1) is 14.3. The molecule has 0 spiro atoms. The lowest BCUT2D eigenvalue weighted by molar-refractivity contribution is 0.0137. The maximum atomic E-state index is 12.3. The quantitative estimate of drug-likeness (QED) is 0.716. The van der Waals surface area contributed by atoms with Gasteiger partial charge in [0.25, 0.3) is 0 Å². The van der Waals surface area contributed by atoms with Gasteiger partial charge in [-0.1, -0.05) is 6.07 Å². The number of nitrogens with one attached hydrogen (secondary N) is 1. The zero-order valence-electron chi connectivity index (χ0n) is 18.7. The van der Waals surface area contributed by atoms with E-state index in [1.807, 2.05) is 32.9 Å². The van der Waals surface area contributed by atoms with Crippen LogP contribution in [0.2, 0.25) is 0 Å². The Labute approximate surface area is 179 Å². The molecule has 1 saturated heterocycles. The summed E-state index contributed by atoms with van der Waals surface area (Å²) in [6.07, 6.45) is 1.69. The molecular formula is C22H34N4O4. The minimum Gasteiger partial charge on any atom is -0.493 e. The monoisotopic (exact) mass is 418 g/mol. The molecule has 8 nitrogen and oxygen atoms in total. The number of rotatable bonds is 6. The topological polar surface area (TPSA) is 75.6 Å². The Morgan fingerprint density at radius 1 is 1.20 bits per heavy atom. The number of hydrogen-bond donors (Lipinski definition) is 1. The van der Waals surface area contributed by atoms with Gasteiger partial charge in [0.15, 0.2) is 17.5 Å². The highest BCUT2D eigenvalue weighted by molar-refractivity contribution is 5.82. The second kappa shape index (κ2) is 9.45. The van der Waals surface area contributed by atoms with E-state index in [1.165, 1.54) is 5.56 Å². The second-order valence-corrected chi connectivity index (χ2v) is 8.66. The fraction of sp³-hybridized carbons (Fsp3) is 0.636. The van der Waals surface area contributed by atoms with Gasteiger partial charge in [-0.2, -0.15) is 0 Å². The standard InChI is InChI=1S/C22H34N4O4/c1-22(2,3)30-21(27)25-11-12-26-17(15-25)14-24-20(26)23-10-6-7-16-8-9-18(28-4)19(13-16)29-5/h8-9,13,17H,6-7,10-12,14-15H2,1-5H3,(H,23,24). The van der Waals surface area contributed by atoms with Crippen LogP contribution in [0, 0.1) is 0 Å². The number of aliphatic imine (C=N–C) groups is 1. The molecule has 1 fully saturated rings. The molecule has 0 aromatic heterocycles. The first-order valence-corrected chi connectivity index (χ1v) is 10.5. The predicted octanol–water partition coefficient (Wildman–Crippen LogP) is 2.52. The van der Waals surface area contributed by atoms with E-state index >= 15 is 0 Å². The number of aryl methyl sites for hydroxylation is 1. The van der Waals surface area contributed by atoms with Crippen molar-refractivity contribution >= 4 is 12.1 Å². The van der Waals surface area contributed by atoms with Crippen LogP contribution in [-0.4, -0.2) is 80.4 Å². The SMILES string of the molecule is COc1ccc(CCCNC2=NCC3CN(C(=O)OC(C)(C)C)CCN23)cc1OC. The molecular weight excluding hydrogens is 384 g/mol. The third kappa shape index (κ3) is 5.49. The molecule has 1 amide bonds. The molecule has 1 N–H and O–H groups in total. The van der Waals surface area contributed by atoms with E-state index in [0.717, 1.165) is 43.4 Å². The van der Waals surface area contributed by atoms with Gasteiger partial charge in [-0.15, -0.1) is 0 Å². The number of fused-ring (bicyclic) bond motifs is 1. The predicted molar refractivity (Wildman–Crippen MR) is 116 cm³/mol. The minimum atomic E-state index is -0.471. The molecule has 30 heavy (non-hydrogen) atoms. The Kier molecular flexibility index (Phi) is 6.95. The summed E-state index contributed by atoms with van der Waals surface area (Å²) in [5.74, 6) is 2.45. The highest BCUT2D eigenvalue weighted by Gasteiger charge is 2.36. The lowest BCUT2D eigenvalue weighted by Gasteiger charge is -2.39. The molecule has 1 aromatic rings. The number of guanidine groups is 1. The van der Waals surface area contributed by atoms with Crippen LogP contribution in [0.4, 0.5) is 4.79 Å². The Morgan fingerprint density at radius 2 is 1.97 bits per heavy atom. The van der Waals surface area contributed by atoms with E-state index < -0.39 is 5.60 Å². The van der Waals surface area contributed by atoms with Crippen molar-refractivity contribution < 1.29 is 19.0 Å². The van der Waals surface area contributed by atoms with Crippen LogP contribution < -0.4 is 14.8 Å². The number of hydrogen-bond acceptors (Lipinski definition) is 7. The molecule has 0 aliphatic carbocycles. The third-order valence-corrected chi connectivity index (χ3v) is 5.23. The number of benzene rings is 1. The van der Waals surface area contributed by atoms with Gasteiger partial charge in [-0.3, -0.25) is 4.99 Å². The van der Waals surface area contributed by atoms with Gasteiger partial charge in [-0.25, -0.2) is 4.79 Å². The van der Waals surface area contributed by atoms with Crippen LogP contribution in [0.25, 0.3) is 0 Å². The summed E-state index contributed by atoms with van der Waals surface area (Å²) in [6.45, 7) is 9.29. The third-order valence-electron chi connectivity index (χ3n) is 5.23. The lowest BCUT2D eigenvalue weighted by Crippen LogP contribution is -2.57. The minimum absolute atomic E-state index is 0.222. The molecule has 0 bridgehead atoms. The molecule has 3 rings (SSSR count). The maximum absolute atomic E-state index is 12.3. The zero-order chi connectivity index (χ0) is 21.7. The lowest BCUT2D eigenvalue weighted by atomic mass is 10.1. The van der Waals surface area contributed by atoms with Crippen LogP contribution in [-0.2, 0) is 11.2 Å². The Balaban J connectivity index is 1.43. The average Bonchev–Trinajstić information content (AvgIpc) is 3.12. The Hall–Kier alpha value is -2.64. The van der Waals surface area contributed by atoms with Gasteiger partial charge in [0, 0.05) is 26.2 Å². The number of carbonyl (C=O) groups is 1. The van der Waals surface area contributed by atoms with Crippen molar-refractivity contribution in [2.24, 2.45) is 4.99 Å². The van der Waals surface area contributed by atoms with E-state index in [9.17, 15) is 4.79 Å². The van der Waals surface area contributed by atoms with Crippen LogP contribution >= 0.6 is 0 Å². The first kappa shape index (κ1) is 22.1. The molecule has 1 unspecified atom stereocenters. The number of nitrogens with zero attached hydrogens (tertiary/aromatic N) is 3. The van der Waals surface area contributed by atoms with Crippen molar-refractivity contribution in [1.29, 1.82) is 0 Å². The molecule has 2 heterocycles. The number of ether oxygens (including phenoxy) is 3. The molecule has 166 valence electrons. The van der Waals surface area contributed by atoms with Crippen LogP contribution in [0.15, 0.2) is 23.2 Å². The number of piperazine rings is 1. The van der Waals surface area contributed by atoms with Crippen molar-refractivity contribution in [3.63, 3.8) is 0 Å². The number of methoxy groups -OCH3 is 2. The summed E-state index contributed by atoms with van der Waals surface area (Å²) in [7, 11) is 3.30. The van der Waals surface area contributed by atoms with Gasteiger partial charge < -0.3 is 29.3 Å². The van der Waals surface area contributed by atoms with Crippen LogP contribution in [0.1, 0.15) is 32.8 Å². The second-order valence-electron chi connectivity index (χ2n) is 8.66. The molecule has 1 aromatic carbocycles. The summed E-state index contributed by atoms with van der Waals surface area (Å²) in [5, 5.41) is 3.47. The summed E-state index contributed by atoms with van der Waals surface area (Å²) in [4.78, 5) is 21.1. The van der Waals surface area contributed by atoms with E-state index in [-0.39, 0.29) is 12.1 Å². The highest BCUT2D eigenvalue weighted by atomic mass is 16.6. The molecule has 0 radical (unpaired) electrons. The smallest absolute Gasteiger partial charge is 0.410 e. The number of amides is 1. The van der Waals surface area contributed by atoms with Gasteiger partial charge in [0.2, 0.25) is 0 Å².